The molecule has 5 nitrogen and oxygen atoms in total. The molecule has 1 amide bonds. The molecule has 122 valence electrons. The molecule has 2 heterocycles. The Labute approximate surface area is 145 Å². The number of Topliss-reactive ketones (excluding diaryl/α,β-unsaturated/α-hetero) is 1. The van der Waals surface area contributed by atoms with Crippen LogP contribution in [0.4, 0.5) is 5.95 Å². The molecule has 1 atom stereocenters. The quantitative estimate of drug-likeness (QED) is 0.688. The number of carbonyl (C=O) groups is 2. The van der Waals surface area contributed by atoms with E-state index in [1.165, 1.54) is 4.90 Å². The largest absolute Gasteiger partial charge is 0.294 e. The molecule has 4 rings (SSSR count). The summed E-state index contributed by atoms with van der Waals surface area (Å²) in [6, 6.07) is 17.8. The van der Waals surface area contributed by atoms with Crippen molar-refractivity contribution in [2.75, 3.05) is 4.90 Å². The van der Waals surface area contributed by atoms with Crippen molar-refractivity contribution >= 4 is 17.6 Å². The zero-order valence-electron chi connectivity index (χ0n) is 13.4. The van der Waals surface area contributed by atoms with Gasteiger partial charge in [-0.25, -0.2) is 9.97 Å². The maximum absolute atomic E-state index is 12.9. The maximum atomic E-state index is 12.9. The van der Waals surface area contributed by atoms with E-state index in [0.717, 1.165) is 5.56 Å². The summed E-state index contributed by atoms with van der Waals surface area (Å²) in [5, 5.41) is 0. The molecule has 0 bridgehead atoms. The highest BCUT2D eigenvalue weighted by Crippen LogP contribution is 2.38. The number of hydrogen-bond acceptors (Lipinski definition) is 4. The Morgan fingerprint density at radius 2 is 1.60 bits per heavy atom. The first-order valence-electron chi connectivity index (χ1n) is 8.03. The third-order valence-electron chi connectivity index (χ3n) is 4.32. The zero-order valence-corrected chi connectivity index (χ0v) is 13.4. The van der Waals surface area contributed by atoms with Crippen molar-refractivity contribution in [3.63, 3.8) is 0 Å². The van der Waals surface area contributed by atoms with E-state index in [4.69, 9.17) is 0 Å². The van der Waals surface area contributed by atoms with Crippen LogP contribution in [-0.4, -0.2) is 21.7 Å². The first kappa shape index (κ1) is 15.2. The number of carbonyl (C=O) groups excluding carboxylic acids is 2. The van der Waals surface area contributed by atoms with Crippen LogP contribution in [0.1, 0.15) is 38.7 Å². The molecular weight excluding hydrogens is 314 g/mol. The third kappa shape index (κ3) is 2.70. The van der Waals surface area contributed by atoms with Crippen LogP contribution in [0.5, 0.6) is 0 Å². The Hall–Kier alpha value is -3.34. The molecule has 0 saturated carbocycles. The van der Waals surface area contributed by atoms with Crippen LogP contribution in [0.25, 0.3) is 0 Å². The van der Waals surface area contributed by atoms with E-state index in [2.05, 4.69) is 9.97 Å². The van der Waals surface area contributed by atoms with Gasteiger partial charge in [-0.05, 0) is 17.7 Å². The van der Waals surface area contributed by atoms with Crippen LogP contribution in [0, 0.1) is 0 Å². The molecule has 0 radical (unpaired) electrons. The van der Waals surface area contributed by atoms with Crippen LogP contribution >= 0.6 is 0 Å². The number of hydrogen-bond donors (Lipinski definition) is 0. The number of amides is 1. The van der Waals surface area contributed by atoms with E-state index in [9.17, 15) is 9.59 Å². The van der Waals surface area contributed by atoms with Gasteiger partial charge in [-0.1, -0.05) is 48.5 Å². The second-order valence-electron chi connectivity index (χ2n) is 5.82. The molecule has 5 heteroatoms. The highest BCUT2D eigenvalue weighted by Gasteiger charge is 2.39. The third-order valence-corrected chi connectivity index (χ3v) is 4.32. The van der Waals surface area contributed by atoms with Gasteiger partial charge in [0.2, 0.25) is 5.95 Å². The number of rotatable bonds is 4. The van der Waals surface area contributed by atoms with Crippen LogP contribution in [0.3, 0.4) is 0 Å². The second kappa shape index (κ2) is 6.28. The molecule has 0 spiro atoms. The van der Waals surface area contributed by atoms with Gasteiger partial charge in [-0.3, -0.25) is 14.5 Å². The van der Waals surface area contributed by atoms with Crippen molar-refractivity contribution in [3.8, 4) is 0 Å². The molecule has 1 aliphatic rings. The zero-order chi connectivity index (χ0) is 17.2. The van der Waals surface area contributed by atoms with Crippen molar-refractivity contribution in [1.82, 2.24) is 9.97 Å². The Morgan fingerprint density at radius 1 is 0.920 bits per heavy atom. The summed E-state index contributed by atoms with van der Waals surface area (Å²) < 4.78 is 0. The fourth-order valence-electron chi connectivity index (χ4n) is 3.16. The van der Waals surface area contributed by atoms with Gasteiger partial charge in [0.1, 0.15) is 0 Å². The average molecular weight is 329 g/mol. The van der Waals surface area contributed by atoms with Crippen LogP contribution in [0.15, 0.2) is 73.1 Å². The van der Waals surface area contributed by atoms with Gasteiger partial charge in [-0.15, -0.1) is 0 Å². The van der Waals surface area contributed by atoms with E-state index in [-0.39, 0.29) is 18.1 Å². The van der Waals surface area contributed by atoms with Gasteiger partial charge in [0.05, 0.1) is 6.04 Å². The Kier molecular flexibility index (Phi) is 3.82. The Bertz CT molecular complexity index is 926. The molecule has 1 unspecified atom stereocenters. The molecule has 2 aromatic carbocycles. The minimum atomic E-state index is -0.404. The number of nitrogens with zero attached hydrogens (tertiary/aromatic N) is 3. The number of ketones is 1. The summed E-state index contributed by atoms with van der Waals surface area (Å²) in [5.41, 5.74) is 2.07. The first-order chi connectivity index (χ1) is 12.3. The molecule has 0 aliphatic carbocycles. The Morgan fingerprint density at radius 3 is 2.36 bits per heavy atom. The lowest BCUT2D eigenvalue weighted by Crippen LogP contribution is -2.30. The maximum Gasteiger partial charge on any atom is 0.261 e. The van der Waals surface area contributed by atoms with Gasteiger partial charge < -0.3 is 0 Å². The monoisotopic (exact) mass is 329 g/mol. The molecule has 3 aromatic rings. The average Bonchev–Trinajstić information content (AvgIpc) is 2.95. The predicted octanol–water partition coefficient (Wildman–Crippen LogP) is 3.45. The van der Waals surface area contributed by atoms with E-state index in [0.29, 0.717) is 17.1 Å². The highest BCUT2D eigenvalue weighted by atomic mass is 16.2. The molecule has 25 heavy (non-hydrogen) atoms. The first-order valence-corrected chi connectivity index (χ1v) is 8.03. The minimum absolute atomic E-state index is 0.0176. The van der Waals surface area contributed by atoms with Crippen molar-refractivity contribution in [2.24, 2.45) is 0 Å². The molecule has 0 saturated heterocycles. The number of benzene rings is 2. The Balaban J connectivity index is 1.74. The van der Waals surface area contributed by atoms with E-state index < -0.39 is 6.04 Å². The summed E-state index contributed by atoms with van der Waals surface area (Å²) >= 11 is 0. The minimum Gasteiger partial charge on any atom is -0.294 e. The fourth-order valence-corrected chi connectivity index (χ4v) is 3.16. The SMILES string of the molecule is O=C(CC1c2ccccc2C(=O)N1c1ncccn1)c1ccccc1. The smallest absolute Gasteiger partial charge is 0.261 e. The predicted molar refractivity (Wildman–Crippen MR) is 93.4 cm³/mol. The van der Waals surface area contributed by atoms with E-state index in [1.807, 2.05) is 36.4 Å². The summed E-state index contributed by atoms with van der Waals surface area (Å²) in [4.78, 5) is 35.5. The molecule has 1 aliphatic heterocycles. The number of fused-ring (bicyclic) bond motifs is 1. The van der Waals surface area contributed by atoms with Crippen molar-refractivity contribution in [1.29, 1.82) is 0 Å². The second-order valence-corrected chi connectivity index (χ2v) is 5.82. The molecule has 1 aromatic heterocycles. The highest BCUT2D eigenvalue weighted by molar-refractivity contribution is 6.11. The number of anilines is 1. The molecule has 0 N–H and O–H groups in total. The van der Waals surface area contributed by atoms with Crippen molar-refractivity contribution in [3.05, 3.63) is 89.7 Å². The van der Waals surface area contributed by atoms with Crippen LogP contribution in [-0.2, 0) is 0 Å². The lowest BCUT2D eigenvalue weighted by Gasteiger charge is -2.22. The summed E-state index contributed by atoms with van der Waals surface area (Å²) in [6.07, 6.45) is 3.37. The van der Waals surface area contributed by atoms with Gasteiger partial charge >= 0.3 is 0 Å². The summed E-state index contributed by atoms with van der Waals surface area (Å²) in [6.45, 7) is 0. The standard InChI is InChI=1S/C20H15N3O2/c24-18(14-7-2-1-3-8-14)13-17-15-9-4-5-10-16(15)19(25)23(17)20-21-11-6-12-22-20/h1-12,17H,13H2. The van der Waals surface area contributed by atoms with Crippen LogP contribution < -0.4 is 4.90 Å². The van der Waals surface area contributed by atoms with Crippen LogP contribution in [0.2, 0.25) is 0 Å². The van der Waals surface area contributed by atoms with Gasteiger partial charge in [0.25, 0.3) is 5.91 Å². The van der Waals surface area contributed by atoms with Crippen molar-refractivity contribution < 1.29 is 9.59 Å². The van der Waals surface area contributed by atoms with Gasteiger partial charge in [0, 0.05) is 29.9 Å². The number of aromatic nitrogens is 2. The summed E-state index contributed by atoms with van der Waals surface area (Å²) in [5.74, 6) is 0.123. The fraction of sp³-hybridized carbons (Fsp3) is 0.100. The van der Waals surface area contributed by atoms with Crippen molar-refractivity contribution in [2.45, 2.75) is 12.5 Å². The normalized spacial score (nSPS) is 15.9. The summed E-state index contributed by atoms with van der Waals surface area (Å²) in [7, 11) is 0. The molecule has 0 fully saturated rings. The van der Waals surface area contributed by atoms with E-state index in [1.54, 1.807) is 36.7 Å². The van der Waals surface area contributed by atoms with Gasteiger partial charge in [-0.2, -0.15) is 0 Å². The lowest BCUT2D eigenvalue weighted by atomic mass is 9.97. The topological polar surface area (TPSA) is 63.2 Å². The van der Waals surface area contributed by atoms with E-state index >= 15 is 0 Å². The molecular formula is C20H15N3O2. The lowest BCUT2D eigenvalue weighted by molar-refractivity contribution is 0.0959. The van der Waals surface area contributed by atoms with Gasteiger partial charge in [0.15, 0.2) is 5.78 Å².